The SMILES string of the molecule is CNc1c(F)cccc1C(=O)N1CC(NC(=O)C(=O)Nc2ccc(C)cc2)C1. The van der Waals surface area contributed by atoms with E-state index in [4.69, 9.17) is 0 Å². The molecule has 1 fully saturated rings. The molecule has 0 atom stereocenters. The molecule has 28 heavy (non-hydrogen) atoms. The fraction of sp³-hybridized carbons (Fsp3) is 0.250. The van der Waals surface area contributed by atoms with Gasteiger partial charge in [0.05, 0.1) is 17.3 Å². The minimum absolute atomic E-state index is 0.137. The van der Waals surface area contributed by atoms with Gasteiger partial charge < -0.3 is 20.9 Å². The molecule has 7 nitrogen and oxygen atoms in total. The van der Waals surface area contributed by atoms with Crippen molar-refractivity contribution >= 4 is 29.1 Å². The quantitative estimate of drug-likeness (QED) is 0.701. The number of hydrogen-bond acceptors (Lipinski definition) is 4. The molecule has 3 N–H and O–H groups in total. The number of likely N-dealkylation sites (tertiary alicyclic amines) is 1. The van der Waals surface area contributed by atoms with Gasteiger partial charge in [-0.05, 0) is 31.2 Å². The van der Waals surface area contributed by atoms with E-state index in [1.54, 1.807) is 19.2 Å². The number of carbonyl (C=O) groups excluding carboxylic acids is 3. The van der Waals surface area contributed by atoms with E-state index in [1.165, 1.54) is 23.1 Å². The normalized spacial score (nSPS) is 13.5. The van der Waals surface area contributed by atoms with Gasteiger partial charge in [0.1, 0.15) is 5.82 Å². The molecule has 0 bridgehead atoms. The molecule has 0 spiro atoms. The van der Waals surface area contributed by atoms with Crippen LogP contribution in [0.5, 0.6) is 0 Å². The predicted molar refractivity (Wildman–Crippen MR) is 104 cm³/mol. The van der Waals surface area contributed by atoms with E-state index in [1.807, 2.05) is 19.1 Å². The largest absolute Gasteiger partial charge is 0.385 e. The summed E-state index contributed by atoms with van der Waals surface area (Å²) in [7, 11) is 1.54. The van der Waals surface area contributed by atoms with Crippen LogP contribution in [0.15, 0.2) is 42.5 Å². The number of amides is 3. The van der Waals surface area contributed by atoms with Gasteiger partial charge in [-0.2, -0.15) is 0 Å². The molecule has 1 aliphatic heterocycles. The summed E-state index contributed by atoms with van der Waals surface area (Å²) in [5.41, 5.74) is 1.94. The van der Waals surface area contributed by atoms with Crippen molar-refractivity contribution in [2.24, 2.45) is 0 Å². The number of carbonyl (C=O) groups is 3. The van der Waals surface area contributed by atoms with Crippen LogP contribution < -0.4 is 16.0 Å². The fourth-order valence-corrected chi connectivity index (χ4v) is 2.94. The molecule has 0 radical (unpaired) electrons. The van der Waals surface area contributed by atoms with Crippen molar-refractivity contribution in [3.63, 3.8) is 0 Å². The molecule has 8 heteroatoms. The monoisotopic (exact) mass is 384 g/mol. The maximum atomic E-state index is 13.8. The Balaban J connectivity index is 1.52. The minimum atomic E-state index is -0.767. The molecule has 3 rings (SSSR count). The third kappa shape index (κ3) is 4.11. The Morgan fingerprint density at radius 2 is 1.71 bits per heavy atom. The zero-order valence-corrected chi connectivity index (χ0v) is 15.6. The van der Waals surface area contributed by atoms with E-state index in [9.17, 15) is 18.8 Å². The van der Waals surface area contributed by atoms with Crippen molar-refractivity contribution in [1.82, 2.24) is 10.2 Å². The zero-order valence-electron chi connectivity index (χ0n) is 15.6. The molecule has 3 amide bonds. The molecule has 1 aliphatic rings. The molecular formula is C20H21FN4O3. The Kier molecular flexibility index (Phi) is 5.58. The van der Waals surface area contributed by atoms with Gasteiger partial charge in [-0.3, -0.25) is 14.4 Å². The van der Waals surface area contributed by atoms with Crippen LogP contribution in [0.2, 0.25) is 0 Å². The van der Waals surface area contributed by atoms with Gasteiger partial charge in [0.15, 0.2) is 0 Å². The first-order valence-corrected chi connectivity index (χ1v) is 8.83. The zero-order chi connectivity index (χ0) is 20.3. The molecule has 146 valence electrons. The van der Waals surface area contributed by atoms with Gasteiger partial charge >= 0.3 is 11.8 Å². The summed E-state index contributed by atoms with van der Waals surface area (Å²) in [6.07, 6.45) is 0. The lowest BCUT2D eigenvalue weighted by atomic mass is 10.0. The number of rotatable bonds is 4. The number of aryl methyl sites for hydroxylation is 1. The molecule has 1 saturated heterocycles. The summed E-state index contributed by atoms with van der Waals surface area (Å²) in [5, 5.41) is 7.80. The van der Waals surface area contributed by atoms with E-state index in [-0.39, 0.29) is 36.3 Å². The first-order chi connectivity index (χ1) is 13.4. The van der Waals surface area contributed by atoms with Crippen LogP contribution in [0.25, 0.3) is 0 Å². The average Bonchev–Trinajstić information content (AvgIpc) is 2.65. The van der Waals surface area contributed by atoms with E-state index in [0.717, 1.165) is 5.56 Å². The maximum Gasteiger partial charge on any atom is 0.313 e. The van der Waals surface area contributed by atoms with Gasteiger partial charge in [-0.15, -0.1) is 0 Å². The van der Waals surface area contributed by atoms with Crippen molar-refractivity contribution in [1.29, 1.82) is 0 Å². The van der Waals surface area contributed by atoms with Gasteiger partial charge in [0.25, 0.3) is 5.91 Å². The molecule has 0 saturated carbocycles. The van der Waals surface area contributed by atoms with Gasteiger partial charge in [0, 0.05) is 25.8 Å². The lowest BCUT2D eigenvalue weighted by Crippen LogP contribution is -2.62. The number of nitrogens with zero attached hydrogens (tertiary/aromatic N) is 1. The van der Waals surface area contributed by atoms with Crippen molar-refractivity contribution in [2.45, 2.75) is 13.0 Å². The summed E-state index contributed by atoms with van der Waals surface area (Å²) in [5.74, 6) is -2.37. The van der Waals surface area contributed by atoms with Crippen molar-refractivity contribution in [3.05, 3.63) is 59.4 Å². The summed E-state index contributed by atoms with van der Waals surface area (Å²) in [6.45, 7) is 2.43. The Hall–Kier alpha value is -3.42. The number of para-hydroxylation sites is 1. The van der Waals surface area contributed by atoms with E-state index in [0.29, 0.717) is 5.69 Å². The topological polar surface area (TPSA) is 90.5 Å². The van der Waals surface area contributed by atoms with Crippen LogP contribution in [0.1, 0.15) is 15.9 Å². The van der Waals surface area contributed by atoms with E-state index >= 15 is 0 Å². The number of nitrogens with one attached hydrogen (secondary N) is 3. The van der Waals surface area contributed by atoms with Crippen molar-refractivity contribution < 1.29 is 18.8 Å². The second-order valence-corrected chi connectivity index (χ2v) is 6.61. The molecule has 0 aliphatic carbocycles. The number of anilines is 2. The van der Waals surface area contributed by atoms with Crippen LogP contribution in [0.3, 0.4) is 0 Å². The van der Waals surface area contributed by atoms with Crippen LogP contribution in [0, 0.1) is 12.7 Å². The van der Waals surface area contributed by atoms with Crippen LogP contribution in [-0.4, -0.2) is 48.8 Å². The highest BCUT2D eigenvalue weighted by Gasteiger charge is 2.34. The third-order valence-electron chi connectivity index (χ3n) is 4.51. The lowest BCUT2D eigenvalue weighted by Gasteiger charge is -2.39. The molecule has 0 aromatic heterocycles. The van der Waals surface area contributed by atoms with Gasteiger partial charge in [-0.1, -0.05) is 23.8 Å². The van der Waals surface area contributed by atoms with Crippen molar-refractivity contribution in [2.75, 3.05) is 30.8 Å². The first-order valence-electron chi connectivity index (χ1n) is 8.83. The molecule has 2 aromatic carbocycles. The van der Waals surface area contributed by atoms with Gasteiger partial charge in [0.2, 0.25) is 0 Å². The van der Waals surface area contributed by atoms with E-state index < -0.39 is 17.6 Å². The van der Waals surface area contributed by atoms with E-state index in [2.05, 4.69) is 16.0 Å². The van der Waals surface area contributed by atoms with Crippen LogP contribution in [0.4, 0.5) is 15.8 Å². The molecular weight excluding hydrogens is 363 g/mol. The highest BCUT2D eigenvalue weighted by molar-refractivity contribution is 6.39. The number of hydrogen-bond donors (Lipinski definition) is 3. The Bertz CT molecular complexity index is 908. The molecule has 2 aromatic rings. The molecule has 0 unspecified atom stereocenters. The summed E-state index contributed by atoms with van der Waals surface area (Å²) >= 11 is 0. The van der Waals surface area contributed by atoms with Gasteiger partial charge in [-0.25, -0.2) is 4.39 Å². The predicted octanol–water partition coefficient (Wildman–Crippen LogP) is 1.76. The minimum Gasteiger partial charge on any atom is -0.385 e. The van der Waals surface area contributed by atoms with Crippen LogP contribution in [-0.2, 0) is 9.59 Å². The molecule has 1 heterocycles. The first kappa shape index (κ1) is 19.3. The second-order valence-electron chi connectivity index (χ2n) is 6.61. The highest BCUT2D eigenvalue weighted by Crippen LogP contribution is 2.23. The smallest absolute Gasteiger partial charge is 0.313 e. The number of benzene rings is 2. The average molecular weight is 384 g/mol. The third-order valence-corrected chi connectivity index (χ3v) is 4.51. The Labute approximate surface area is 161 Å². The highest BCUT2D eigenvalue weighted by atomic mass is 19.1. The summed E-state index contributed by atoms with van der Waals surface area (Å²) < 4.78 is 13.8. The van der Waals surface area contributed by atoms with Crippen molar-refractivity contribution in [3.8, 4) is 0 Å². The summed E-state index contributed by atoms with van der Waals surface area (Å²) in [6, 6.07) is 11.0. The Morgan fingerprint density at radius 1 is 1.04 bits per heavy atom. The fourth-order valence-electron chi connectivity index (χ4n) is 2.94. The second kappa shape index (κ2) is 8.08. The lowest BCUT2D eigenvalue weighted by molar-refractivity contribution is -0.137. The standard InChI is InChI=1S/C20H21FN4O3/c1-12-6-8-13(9-7-12)23-18(26)19(27)24-14-10-25(11-14)20(28)15-4-3-5-16(21)17(15)22-2/h3-9,14,22H,10-11H2,1-2H3,(H,23,26)(H,24,27). The number of halogens is 1. The Morgan fingerprint density at radius 3 is 2.36 bits per heavy atom. The van der Waals surface area contributed by atoms with Crippen LogP contribution >= 0.6 is 0 Å². The maximum absolute atomic E-state index is 13.8. The summed E-state index contributed by atoms with van der Waals surface area (Å²) in [4.78, 5) is 38.0.